The minimum absolute atomic E-state index is 0.193. The largest absolute Gasteiger partial charge is 0.385 e. The Kier molecular flexibility index (Phi) is 12.6. The van der Waals surface area contributed by atoms with E-state index in [1.807, 2.05) is 40.8 Å². The summed E-state index contributed by atoms with van der Waals surface area (Å²) < 4.78 is 3.68. The first-order chi connectivity index (χ1) is 31.1. The Hall–Kier alpha value is -3.29. The van der Waals surface area contributed by atoms with Gasteiger partial charge in [0.2, 0.25) is 0 Å². The van der Waals surface area contributed by atoms with Crippen molar-refractivity contribution < 1.29 is 9.59 Å². The van der Waals surface area contributed by atoms with Gasteiger partial charge < -0.3 is 5.32 Å². The zero-order valence-electron chi connectivity index (χ0n) is 40.4. The normalized spacial score (nSPS) is 41.0. The number of pyridine rings is 1. The van der Waals surface area contributed by atoms with E-state index in [-0.39, 0.29) is 22.7 Å². The number of nitrogens with one attached hydrogen (secondary N) is 1. The van der Waals surface area contributed by atoms with Gasteiger partial charge in [0.25, 0.3) is 0 Å². The molecule has 0 amide bonds. The van der Waals surface area contributed by atoms with Crippen molar-refractivity contribution in [2.75, 3.05) is 12.4 Å². The molecule has 1 N–H and O–H groups in total. The van der Waals surface area contributed by atoms with E-state index in [0.29, 0.717) is 24.7 Å². The van der Waals surface area contributed by atoms with Gasteiger partial charge in [-0.05, 0) is 203 Å². The number of rotatable bonds is 10. The van der Waals surface area contributed by atoms with E-state index in [1.165, 1.54) is 116 Å². The first-order valence-corrected chi connectivity index (χ1v) is 26.8. The molecule has 0 aliphatic heterocycles. The molecule has 3 aromatic heterocycles. The van der Waals surface area contributed by atoms with Crippen LogP contribution in [0.5, 0.6) is 0 Å². The molecule has 8 fully saturated rings. The number of anilines is 1. The molecule has 16 unspecified atom stereocenters. The van der Waals surface area contributed by atoms with Gasteiger partial charge in [-0.15, -0.1) is 0 Å². The number of Topliss-reactive ketones (excluding diaryl/α,β-unsaturated/α-hetero) is 2. The lowest BCUT2D eigenvalue weighted by atomic mass is 9.49. The van der Waals surface area contributed by atoms with Crippen LogP contribution in [0.4, 0.5) is 5.69 Å². The summed E-state index contributed by atoms with van der Waals surface area (Å²) in [6, 6.07) is 3.88. The highest BCUT2D eigenvalue weighted by atomic mass is 16.1. The van der Waals surface area contributed by atoms with Crippen LogP contribution < -0.4 is 5.32 Å². The maximum absolute atomic E-state index is 13.6. The Balaban J connectivity index is 0.000000151. The zero-order chi connectivity index (χ0) is 44.3. The highest BCUT2D eigenvalue weighted by Gasteiger charge is 2.60. The second kappa shape index (κ2) is 18.1. The zero-order valence-corrected chi connectivity index (χ0v) is 40.4. The van der Waals surface area contributed by atoms with Crippen LogP contribution in [-0.4, -0.2) is 43.2 Å². The van der Waals surface area contributed by atoms with Gasteiger partial charge in [0.1, 0.15) is 17.6 Å². The van der Waals surface area contributed by atoms with Gasteiger partial charge in [-0.1, -0.05) is 60.0 Å². The molecular formula is C56H82N6O2. The van der Waals surface area contributed by atoms with Crippen LogP contribution in [0, 0.1) is 93.7 Å². The fourth-order valence-electron chi connectivity index (χ4n) is 18.1. The molecule has 0 aromatic carbocycles. The summed E-state index contributed by atoms with van der Waals surface area (Å²) in [7, 11) is 1.89. The number of ketones is 2. The van der Waals surface area contributed by atoms with Crippen LogP contribution in [0.25, 0.3) is 17.1 Å². The topological polar surface area (TPSA) is 94.7 Å². The smallest absolute Gasteiger partial charge is 0.157 e. The molecule has 8 heteroatoms. The number of carbonyl (C=O) groups excluding carboxylic acids is 2. The number of nitrogens with zero attached hydrogens (tertiary/aromatic N) is 5. The van der Waals surface area contributed by atoms with Crippen molar-refractivity contribution in [2.24, 2.45) is 93.7 Å². The molecule has 11 rings (SSSR count). The number of aromatic nitrogens is 5. The second-order valence-electron chi connectivity index (χ2n) is 23.6. The fraction of sp³-hybridized carbons (Fsp3) is 0.768. The molecule has 8 nitrogen and oxygen atoms in total. The first-order valence-electron chi connectivity index (χ1n) is 26.8. The lowest BCUT2D eigenvalue weighted by molar-refractivity contribution is -0.132. The average Bonchev–Trinajstić information content (AvgIpc) is 4.10. The van der Waals surface area contributed by atoms with Crippen molar-refractivity contribution in [3.8, 4) is 0 Å². The average molecular weight is 871 g/mol. The van der Waals surface area contributed by atoms with Gasteiger partial charge in [-0.25, -0.2) is 0 Å². The van der Waals surface area contributed by atoms with Crippen LogP contribution in [0.3, 0.4) is 0 Å². The summed E-state index contributed by atoms with van der Waals surface area (Å²) in [4.78, 5) is 31.5. The van der Waals surface area contributed by atoms with Gasteiger partial charge >= 0.3 is 0 Å². The van der Waals surface area contributed by atoms with E-state index in [1.54, 1.807) is 12.4 Å². The molecule has 64 heavy (non-hydrogen) atoms. The quantitative estimate of drug-likeness (QED) is 0.218. The van der Waals surface area contributed by atoms with E-state index in [9.17, 15) is 9.59 Å². The van der Waals surface area contributed by atoms with E-state index < -0.39 is 0 Å². The van der Waals surface area contributed by atoms with Crippen molar-refractivity contribution in [1.29, 1.82) is 0 Å². The highest BCUT2D eigenvalue weighted by molar-refractivity contribution is 5.83. The third-order valence-corrected chi connectivity index (χ3v) is 21.3. The highest BCUT2D eigenvalue weighted by Crippen LogP contribution is 2.66. The molecule has 8 aliphatic carbocycles. The van der Waals surface area contributed by atoms with Crippen LogP contribution in [-0.2, 0) is 22.7 Å². The van der Waals surface area contributed by atoms with Crippen molar-refractivity contribution >= 4 is 34.4 Å². The standard InChI is InChI=1S/C28H39N3O.C28H43N3O/c1-3-18-6-8-20-19(15-18)7-9-22-21(20)12-13-28(2)23(22)10-11-24(28)27(32)17-31-16-26-25(30-31)5-4-14-29-26;1-5-18-7-9-20-19(15-18)8-10-22-21(20)13-14-28(3)23(22)11-12-24(28)27(32)17-31-26(6-2)25(29-4)16-30-31/h4-5,14,16,18-24H,3,6-13,15,17H2,1-2H3;6,16,18-24,29H,2,5,7-15,17H2,1,3-4H3. The Morgan fingerprint density at radius 2 is 1.28 bits per heavy atom. The van der Waals surface area contributed by atoms with Crippen molar-refractivity contribution in [2.45, 2.75) is 169 Å². The van der Waals surface area contributed by atoms with Crippen LogP contribution in [0.2, 0.25) is 0 Å². The molecule has 8 aliphatic rings. The Labute approximate surface area is 385 Å². The third-order valence-electron chi connectivity index (χ3n) is 21.3. The van der Waals surface area contributed by atoms with Crippen LogP contribution in [0.15, 0.2) is 37.3 Å². The van der Waals surface area contributed by atoms with Gasteiger partial charge in [0.05, 0.1) is 30.3 Å². The molecule has 348 valence electrons. The van der Waals surface area contributed by atoms with Crippen LogP contribution >= 0.6 is 0 Å². The molecule has 8 saturated carbocycles. The number of fused-ring (bicyclic) bond motifs is 11. The minimum atomic E-state index is 0.193. The molecule has 0 spiro atoms. The van der Waals surface area contributed by atoms with Gasteiger partial charge in [-0.3, -0.25) is 23.9 Å². The van der Waals surface area contributed by atoms with E-state index in [4.69, 9.17) is 0 Å². The summed E-state index contributed by atoms with van der Waals surface area (Å²) in [5.41, 5.74) is 4.02. The van der Waals surface area contributed by atoms with Gasteiger partial charge in [0, 0.05) is 25.1 Å². The van der Waals surface area contributed by atoms with Crippen molar-refractivity contribution in [1.82, 2.24) is 24.5 Å². The van der Waals surface area contributed by atoms with Crippen molar-refractivity contribution in [3.63, 3.8) is 0 Å². The summed E-state index contributed by atoms with van der Waals surface area (Å²) in [6.45, 7) is 14.4. The van der Waals surface area contributed by atoms with E-state index >= 15 is 0 Å². The molecule has 16 atom stereocenters. The molecule has 0 radical (unpaired) electrons. The number of hydrogen-bond donors (Lipinski definition) is 1. The fourth-order valence-corrected chi connectivity index (χ4v) is 18.1. The molecule has 0 saturated heterocycles. The maximum Gasteiger partial charge on any atom is 0.157 e. The summed E-state index contributed by atoms with van der Waals surface area (Å²) >= 11 is 0. The summed E-state index contributed by atoms with van der Waals surface area (Å²) in [5.74, 6) is 12.3. The lowest BCUT2D eigenvalue weighted by Crippen LogP contribution is -2.49. The molecule has 3 heterocycles. The Morgan fingerprint density at radius 3 is 1.81 bits per heavy atom. The predicted octanol–water partition coefficient (Wildman–Crippen LogP) is 12.7. The third kappa shape index (κ3) is 7.76. The van der Waals surface area contributed by atoms with E-state index in [2.05, 4.69) is 54.8 Å². The molecule has 0 bridgehead atoms. The second-order valence-corrected chi connectivity index (χ2v) is 23.6. The number of hydrogen-bond acceptors (Lipinski definition) is 6. The predicted molar refractivity (Wildman–Crippen MR) is 258 cm³/mol. The molecular weight excluding hydrogens is 789 g/mol. The first kappa shape index (κ1) is 44.5. The summed E-state index contributed by atoms with van der Waals surface area (Å²) in [6.07, 6.45) is 34.7. The molecule has 3 aromatic rings. The Morgan fingerprint density at radius 1 is 0.719 bits per heavy atom. The van der Waals surface area contributed by atoms with Gasteiger partial charge in [-0.2, -0.15) is 10.2 Å². The monoisotopic (exact) mass is 871 g/mol. The summed E-state index contributed by atoms with van der Waals surface area (Å²) in [5, 5.41) is 12.2. The SMILES string of the molecule is C=Cc1c(NC)cnn1CC(=O)C1CCC2C3CCC4CC(CC)CCC4C3CCC12C.CCC1CCC2C(CCC3C2CCC2(C)C(C(=O)Cn4cc5ncccc5n4)CCC32)C1. The van der Waals surface area contributed by atoms with Crippen LogP contribution in [0.1, 0.15) is 162 Å². The maximum atomic E-state index is 13.6. The number of carbonyl (C=O) groups is 2. The minimum Gasteiger partial charge on any atom is -0.385 e. The Bertz CT molecular complexity index is 2120. The van der Waals surface area contributed by atoms with Crippen molar-refractivity contribution in [3.05, 3.63) is 43.0 Å². The van der Waals surface area contributed by atoms with Gasteiger partial charge in [0.15, 0.2) is 11.6 Å². The van der Waals surface area contributed by atoms with E-state index in [0.717, 1.165) is 106 Å². The lowest BCUT2D eigenvalue weighted by Gasteiger charge is -2.56.